The van der Waals surface area contributed by atoms with Crippen LogP contribution in [0.1, 0.15) is 18.4 Å². The quantitative estimate of drug-likeness (QED) is 0.866. The maximum atomic E-state index is 12.2. The van der Waals surface area contributed by atoms with Gasteiger partial charge < -0.3 is 14.8 Å². The summed E-state index contributed by atoms with van der Waals surface area (Å²) in [6, 6.07) is 3.82. The largest absolute Gasteiger partial charge is 0.493 e. The second kappa shape index (κ2) is 5.71. The molecule has 0 bridgehead atoms. The molecule has 0 amide bonds. The van der Waals surface area contributed by atoms with Gasteiger partial charge in [-0.25, -0.2) is 0 Å². The van der Waals surface area contributed by atoms with Crippen molar-refractivity contribution in [3.05, 3.63) is 22.7 Å². The number of nitrogens with one attached hydrogen (secondary N) is 1. The molecule has 1 aromatic carbocycles. The van der Waals surface area contributed by atoms with E-state index in [-0.39, 0.29) is 16.5 Å². The van der Waals surface area contributed by atoms with Gasteiger partial charge >= 0.3 is 6.61 Å². The Labute approximate surface area is 109 Å². The minimum atomic E-state index is -2.92. The van der Waals surface area contributed by atoms with Crippen LogP contribution in [0.15, 0.2) is 12.1 Å². The van der Waals surface area contributed by atoms with Gasteiger partial charge in [-0.1, -0.05) is 11.6 Å². The van der Waals surface area contributed by atoms with E-state index in [0.29, 0.717) is 12.6 Å². The van der Waals surface area contributed by atoms with E-state index in [1.807, 2.05) is 0 Å². The number of ether oxygens (including phenoxy) is 2. The Morgan fingerprint density at radius 2 is 2.17 bits per heavy atom. The van der Waals surface area contributed by atoms with Crippen molar-refractivity contribution in [1.29, 1.82) is 0 Å². The van der Waals surface area contributed by atoms with Crippen molar-refractivity contribution in [3.8, 4) is 11.5 Å². The van der Waals surface area contributed by atoms with Crippen LogP contribution < -0.4 is 14.8 Å². The molecule has 0 aliphatic heterocycles. The van der Waals surface area contributed by atoms with E-state index in [4.69, 9.17) is 16.3 Å². The van der Waals surface area contributed by atoms with E-state index in [9.17, 15) is 8.78 Å². The molecule has 0 saturated heterocycles. The fraction of sp³-hybridized carbons (Fsp3) is 0.500. The number of rotatable bonds is 6. The van der Waals surface area contributed by atoms with Crippen LogP contribution in [0.3, 0.4) is 0 Å². The van der Waals surface area contributed by atoms with E-state index in [0.717, 1.165) is 5.56 Å². The number of methoxy groups -OCH3 is 1. The van der Waals surface area contributed by atoms with Crippen molar-refractivity contribution in [2.24, 2.45) is 0 Å². The van der Waals surface area contributed by atoms with Crippen molar-refractivity contribution < 1.29 is 18.3 Å². The van der Waals surface area contributed by atoms with Gasteiger partial charge in [-0.15, -0.1) is 0 Å². The summed E-state index contributed by atoms with van der Waals surface area (Å²) in [5.74, 6) is 0.0970. The summed E-state index contributed by atoms with van der Waals surface area (Å²) in [5, 5.41) is 3.44. The third-order valence-electron chi connectivity index (χ3n) is 2.67. The predicted octanol–water partition coefficient (Wildman–Crippen LogP) is 3.20. The second-order valence-electron chi connectivity index (χ2n) is 4.14. The van der Waals surface area contributed by atoms with Gasteiger partial charge in [0.2, 0.25) is 0 Å². The molecule has 3 nitrogen and oxygen atoms in total. The standard InChI is InChI=1S/C12H14ClF2NO2/c1-17-10-5-7(6-16-8-2-3-8)4-9(13)11(10)18-12(14)15/h4-5,8,12,16H,2-3,6H2,1H3. The predicted molar refractivity (Wildman–Crippen MR) is 64.5 cm³/mol. The lowest BCUT2D eigenvalue weighted by Gasteiger charge is -2.13. The minimum absolute atomic E-state index is 0.121. The molecule has 0 radical (unpaired) electrons. The zero-order chi connectivity index (χ0) is 13.1. The van der Waals surface area contributed by atoms with Gasteiger partial charge in [0.05, 0.1) is 12.1 Å². The zero-order valence-corrected chi connectivity index (χ0v) is 10.6. The van der Waals surface area contributed by atoms with E-state index in [2.05, 4.69) is 10.1 Å². The molecule has 0 unspecified atom stereocenters. The summed E-state index contributed by atoms with van der Waals surface area (Å²) in [5.41, 5.74) is 0.880. The summed E-state index contributed by atoms with van der Waals surface area (Å²) in [6.07, 6.45) is 2.36. The van der Waals surface area contributed by atoms with Gasteiger partial charge in [0.1, 0.15) is 0 Å². The maximum absolute atomic E-state index is 12.2. The maximum Gasteiger partial charge on any atom is 0.387 e. The molecule has 0 spiro atoms. The highest BCUT2D eigenvalue weighted by molar-refractivity contribution is 6.32. The second-order valence-corrected chi connectivity index (χ2v) is 4.55. The van der Waals surface area contributed by atoms with Crippen molar-refractivity contribution in [1.82, 2.24) is 5.32 Å². The Balaban J connectivity index is 2.15. The molecule has 100 valence electrons. The van der Waals surface area contributed by atoms with Crippen LogP contribution in [-0.2, 0) is 6.54 Å². The van der Waals surface area contributed by atoms with Crippen LogP contribution in [0.5, 0.6) is 11.5 Å². The Bertz CT molecular complexity index is 425. The highest BCUT2D eigenvalue weighted by Crippen LogP contribution is 2.37. The normalized spacial score (nSPS) is 14.9. The molecule has 6 heteroatoms. The molecule has 2 rings (SSSR count). The first-order chi connectivity index (χ1) is 8.60. The molecular weight excluding hydrogens is 264 g/mol. The minimum Gasteiger partial charge on any atom is -0.493 e. The number of hydrogen-bond donors (Lipinski definition) is 1. The lowest BCUT2D eigenvalue weighted by molar-refractivity contribution is -0.0511. The molecule has 18 heavy (non-hydrogen) atoms. The fourth-order valence-corrected chi connectivity index (χ4v) is 1.91. The molecule has 0 aromatic heterocycles. The van der Waals surface area contributed by atoms with Crippen LogP contribution in [0, 0.1) is 0 Å². The van der Waals surface area contributed by atoms with Crippen LogP contribution in [0.4, 0.5) is 8.78 Å². The van der Waals surface area contributed by atoms with Gasteiger partial charge in [-0.3, -0.25) is 0 Å². The molecule has 1 aromatic rings. The Morgan fingerprint density at radius 3 is 2.72 bits per heavy atom. The van der Waals surface area contributed by atoms with Crippen molar-refractivity contribution in [2.75, 3.05) is 7.11 Å². The molecule has 0 heterocycles. The summed E-state index contributed by atoms with van der Waals surface area (Å²) >= 11 is 5.92. The smallest absolute Gasteiger partial charge is 0.387 e. The van der Waals surface area contributed by atoms with Crippen molar-refractivity contribution >= 4 is 11.6 Å². The van der Waals surface area contributed by atoms with Gasteiger partial charge in [0, 0.05) is 12.6 Å². The van der Waals surface area contributed by atoms with E-state index < -0.39 is 6.61 Å². The highest BCUT2D eigenvalue weighted by Gasteiger charge is 2.21. The first-order valence-corrected chi connectivity index (χ1v) is 6.02. The topological polar surface area (TPSA) is 30.5 Å². The molecule has 0 atom stereocenters. The number of benzene rings is 1. The average molecular weight is 278 g/mol. The average Bonchev–Trinajstić information content (AvgIpc) is 3.12. The molecule has 1 aliphatic rings. The summed E-state index contributed by atoms with van der Waals surface area (Å²) < 4.78 is 33.8. The van der Waals surface area contributed by atoms with Crippen LogP contribution in [0.2, 0.25) is 5.02 Å². The Morgan fingerprint density at radius 1 is 1.44 bits per heavy atom. The zero-order valence-electron chi connectivity index (χ0n) is 9.88. The molecule has 1 aliphatic carbocycles. The van der Waals surface area contributed by atoms with Gasteiger partial charge in [0.25, 0.3) is 0 Å². The number of halogens is 3. The highest BCUT2D eigenvalue weighted by atomic mass is 35.5. The van der Waals surface area contributed by atoms with Crippen LogP contribution in [-0.4, -0.2) is 19.8 Å². The molecular formula is C12H14ClF2NO2. The van der Waals surface area contributed by atoms with Crippen molar-refractivity contribution in [2.45, 2.75) is 32.0 Å². The third kappa shape index (κ3) is 3.46. The number of hydrogen-bond acceptors (Lipinski definition) is 3. The van der Waals surface area contributed by atoms with E-state index in [1.165, 1.54) is 20.0 Å². The molecule has 1 saturated carbocycles. The SMILES string of the molecule is COc1cc(CNC2CC2)cc(Cl)c1OC(F)F. The van der Waals surface area contributed by atoms with Gasteiger partial charge in [-0.2, -0.15) is 8.78 Å². The lowest BCUT2D eigenvalue weighted by Crippen LogP contribution is -2.15. The Kier molecular flexibility index (Phi) is 4.24. The van der Waals surface area contributed by atoms with Crippen LogP contribution in [0.25, 0.3) is 0 Å². The van der Waals surface area contributed by atoms with Gasteiger partial charge in [0.15, 0.2) is 11.5 Å². The Hall–Kier alpha value is -1.07. The summed E-state index contributed by atoms with van der Waals surface area (Å²) in [4.78, 5) is 0. The number of alkyl halides is 2. The lowest BCUT2D eigenvalue weighted by atomic mass is 10.2. The van der Waals surface area contributed by atoms with Crippen molar-refractivity contribution in [3.63, 3.8) is 0 Å². The third-order valence-corrected chi connectivity index (χ3v) is 2.95. The monoisotopic (exact) mass is 277 g/mol. The summed E-state index contributed by atoms with van der Waals surface area (Å²) in [7, 11) is 1.39. The van der Waals surface area contributed by atoms with Gasteiger partial charge in [-0.05, 0) is 30.5 Å². The fourth-order valence-electron chi connectivity index (χ4n) is 1.63. The van der Waals surface area contributed by atoms with E-state index >= 15 is 0 Å². The van der Waals surface area contributed by atoms with Crippen LogP contribution >= 0.6 is 11.6 Å². The first kappa shape index (κ1) is 13.4. The molecule has 1 N–H and O–H groups in total. The summed E-state index contributed by atoms with van der Waals surface area (Å²) in [6.45, 7) is -2.29. The molecule has 1 fully saturated rings. The first-order valence-electron chi connectivity index (χ1n) is 5.64. The van der Waals surface area contributed by atoms with E-state index in [1.54, 1.807) is 12.1 Å².